The Balaban J connectivity index is 2.98. The molecule has 0 radical (unpaired) electrons. The maximum absolute atomic E-state index is 4.11. The maximum atomic E-state index is 4.11. The molecule has 70 valence electrons. The van der Waals surface area contributed by atoms with Crippen LogP contribution in [-0.2, 0) is 0 Å². The first-order valence-electron chi connectivity index (χ1n) is 5.22. The Kier molecular flexibility index (Phi) is 3.64. The number of hydrogen-bond donors (Lipinski definition) is 0. The van der Waals surface area contributed by atoms with E-state index in [0.717, 1.165) is 11.5 Å². The van der Waals surface area contributed by atoms with Crippen LogP contribution in [0.4, 0.5) is 0 Å². The summed E-state index contributed by atoms with van der Waals surface area (Å²) in [5.41, 5.74) is 3.96. The van der Waals surface area contributed by atoms with Crippen LogP contribution < -0.4 is 0 Å². The average Bonchev–Trinajstić information content (AvgIpc) is 2.17. The van der Waals surface area contributed by atoms with Gasteiger partial charge in [-0.3, -0.25) is 0 Å². The van der Waals surface area contributed by atoms with Gasteiger partial charge in [0.1, 0.15) is 0 Å². The molecule has 1 atom stereocenters. The van der Waals surface area contributed by atoms with Gasteiger partial charge in [0.15, 0.2) is 0 Å². The van der Waals surface area contributed by atoms with Gasteiger partial charge >= 0.3 is 96.6 Å². The van der Waals surface area contributed by atoms with Crippen molar-refractivity contribution < 1.29 is 0 Å². The summed E-state index contributed by atoms with van der Waals surface area (Å²) in [5, 5.41) is 1.11. The normalized spacial score (nSPS) is 25.9. The molecule has 14 heavy (non-hydrogen) atoms. The van der Waals surface area contributed by atoms with Crippen molar-refractivity contribution >= 4 is 17.7 Å². The van der Waals surface area contributed by atoms with Crippen molar-refractivity contribution in [2.24, 2.45) is 5.41 Å². The Morgan fingerprint density at radius 2 is 2.14 bits per heavy atom. The molecule has 1 aliphatic rings. The molecule has 1 rings (SSSR count). The van der Waals surface area contributed by atoms with E-state index in [1.807, 2.05) is 0 Å². The van der Waals surface area contributed by atoms with Gasteiger partial charge < -0.3 is 0 Å². The summed E-state index contributed by atoms with van der Waals surface area (Å²) in [6.07, 6.45) is 7.65. The van der Waals surface area contributed by atoms with E-state index >= 15 is 0 Å². The van der Waals surface area contributed by atoms with Crippen LogP contribution in [0.2, 0.25) is 5.09 Å². The Bertz CT molecular complexity index is 320. The first-order valence-corrected chi connectivity index (χ1v) is 5.22. The van der Waals surface area contributed by atoms with Crippen LogP contribution >= 0.6 is 0 Å². The second-order valence-corrected chi connectivity index (χ2v) is 4.30. The standard InChI is InChI=1S/C13H17.Li/c1-10(2)12-7-6-8-13(5,9-12)11(3)4;/h6-8H,1,3,5,9H2,2,4H3;. The molecule has 0 saturated carbocycles. The van der Waals surface area contributed by atoms with Crippen molar-refractivity contribution in [1.82, 2.24) is 0 Å². The van der Waals surface area contributed by atoms with E-state index in [4.69, 9.17) is 0 Å². The van der Waals surface area contributed by atoms with Crippen LogP contribution in [0.15, 0.2) is 48.1 Å². The summed E-state index contributed by atoms with van der Waals surface area (Å²) < 4.78 is 0. The molecule has 1 aliphatic carbocycles. The fourth-order valence-electron chi connectivity index (χ4n) is 1.94. The van der Waals surface area contributed by atoms with Gasteiger partial charge in [0.2, 0.25) is 0 Å². The molecule has 0 aromatic carbocycles. The molecule has 0 spiro atoms. The second-order valence-electron chi connectivity index (χ2n) is 4.30. The Morgan fingerprint density at radius 1 is 1.50 bits per heavy atom. The molecule has 1 heteroatoms. The predicted octanol–water partition coefficient (Wildman–Crippen LogP) is 3.60. The molecule has 0 N–H and O–H groups in total. The zero-order valence-corrected chi connectivity index (χ0v) is 9.56. The molecule has 0 aromatic heterocycles. The van der Waals surface area contributed by atoms with E-state index in [0.29, 0.717) is 0 Å². The van der Waals surface area contributed by atoms with E-state index in [9.17, 15) is 0 Å². The summed E-state index contributed by atoms with van der Waals surface area (Å²) in [6, 6.07) is 0. The molecule has 0 fully saturated rings. The van der Waals surface area contributed by atoms with Gasteiger partial charge in [0.05, 0.1) is 0 Å². The zero-order valence-electron chi connectivity index (χ0n) is 9.56. The summed E-state index contributed by atoms with van der Waals surface area (Å²) in [4.78, 5) is 0. The predicted molar refractivity (Wildman–Crippen MR) is 64.5 cm³/mol. The third-order valence-corrected chi connectivity index (χ3v) is 3.25. The first kappa shape index (κ1) is 11.6. The Hall–Kier alpha value is -0.443. The van der Waals surface area contributed by atoms with Crippen molar-refractivity contribution in [1.29, 1.82) is 0 Å². The molecule has 0 aromatic rings. The van der Waals surface area contributed by atoms with Gasteiger partial charge in [-0.1, -0.05) is 0 Å². The average molecular weight is 180 g/mol. The van der Waals surface area contributed by atoms with Crippen molar-refractivity contribution in [3.63, 3.8) is 0 Å². The topological polar surface area (TPSA) is 0 Å². The summed E-state index contributed by atoms with van der Waals surface area (Å²) >= 11 is 2.22. The summed E-state index contributed by atoms with van der Waals surface area (Å²) in [7, 11) is 0. The van der Waals surface area contributed by atoms with Crippen LogP contribution in [0.25, 0.3) is 0 Å². The van der Waals surface area contributed by atoms with Crippen LogP contribution in [0.5, 0.6) is 0 Å². The van der Waals surface area contributed by atoms with E-state index in [-0.39, 0.29) is 5.41 Å². The molecule has 1 unspecified atom stereocenters. The fourth-order valence-corrected chi connectivity index (χ4v) is 1.94. The van der Waals surface area contributed by atoms with E-state index in [1.165, 1.54) is 16.7 Å². The fraction of sp³-hybridized carbons (Fsp3) is 0.385. The molecule has 0 saturated heterocycles. The minimum atomic E-state index is 0.170. The van der Waals surface area contributed by atoms with Crippen LogP contribution in [0.3, 0.4) is 0 Å². The minimum absolute atomic E-state index is 0.170. The molecular weight excluding hydrogens is 163 g/mol. The van der Waals surface area contributed by atoms with Crippen LogP contribution in [0.1, 0.15) is 20.3 Å². The molecule has 0 bridgehead atoms. The number of allylic oxidation sites excluding steroid dienone is 6. The van der Waals surface area contributed by atoms with E-state index in [1.54, 1.807) is 0 Å². The Morgan fingerprint density at radius 3 is 2.57 bits per heavy atom. The van der Waals surface area contributed by atoms with Crippen molar-refractivity contribution in [2.45, 2.75) is 25.4 Å². The second kappa shape index (κ2) is 4.39. The van der Waals surface area contributed by atoms with Crippen LogP contribution in [-0.4, -0.2) is 17.7 Å². The van der Waals surface area contributed by atoms with Gasteiger partial charge in [-0.05, 0) is 0 Å². The third kappa shape index (κ3) is 2.14. The van der Waals surface area contributed by atoms with Gasteiger partial charge in [-0.15, -0.1) is 0 Å². The molecule has 0 amide bonds. The van der Waals surface area contributed by atoms with Crippen LogP contribution in [0, 0.1) is 5.41 Å². The summed E-state index contributed by atoms with van der Waals surface area (Å²) in [5.74, 6) is 0. The third-order valence-electron chi connectivity index (χ3n) is 3.25. The van der Waals surface area contributed by atoms with Gasteiger partial charge in [-0.25, -0.2) is 0 Å². The number of hydrogen-bond acceptors (Lipinski definition) is 0. The Labute approximate surface area is 96.7 Å². The first-order chi connectivity index (χ1) is 6.52. The summed E-state index contributed by atoms with van der Waals surface area (Å²) in [6.45, 7) is 12.3. The van der Waals surface area contributed by atoms with Crippen molar-refractivity contribution in [2.75, 3.05) is 0 Å². The molecular formula is C13H17Li. The van der Waals surface area contributed by atoms with Crippen molar-refractivity contribution in [3.8, 4) is 0 Å². The van der Waals surface area contributed by atoms with E-state index in [2.05, 4.69) is 62.9 Å². The van der Waals surface area contributed by atoms with Gasteiger partial charge in [0.25, 0.3) is 0 Å². The van der Waals surface area contributed by atoms with Gasteiger partial charge in [0, 0.05) is 0 Å². The molecule has 0 heterocycles. The van der Waals surface area contributed by atoms with E-state index < -0.39 is 0 Å². The van der Waals surface area contributed by atoms with Gasteiger partial charge in [-0.2, -0.15) is 0 Å². The quantitative estimate of drug-likeness (QED) is 0.460. The number of rotatable bonds is 3. The van der Waals surface area contributed by atoms with Crippen molar-refractivity contribution in [3.05, 3.63) is 48.1 Å². The zero-order chi connectivity index (χ0) is 10.8. The SMILES string of the molecule is [Li][CH2]C1(C(=C)C)C=CC=C(C(=C)C)C1. The molecule has 0 aliphatic heterocycles. The monoisotopic (exact) mass is 180 g/mol. The molecule has 0 nitrogen and oxygen atoms in total.